The van der Waals surface area contributed by atoms with Crippen molar-refractivity contribution in [2.75, 3.05) is 20.6 Å². The zero-order valence-corrected chi connectivity index (χ0v) is 13.2. The minimum atomic E-state index is -0.730. The molecule has 2 N–H and O–H groups in total. The van der Waals surface area contributed by atoms with Gasteiger partial charge in [-0.05, 0) is 37.7 Å². The minimum Gasteiger partial charge on any atom is -0.387 e. The van der Waals surface area contributed by atoms with Crippen LogP contribution < -0.4 is 5.32 Å². The number of aliphatic hydroxyl groups excluding tert-OH is 1. The summed E-state index contributed by atoms with van der Waals surface area (Å²) in [6, 6.07) is 6.75. The van der Waals surface area contributed by atoms with Crippen LogP contribution in [0.4, 0.5) is 0 Å². The van der Waals surface area contributed by atoms with Gasteiger partial charge in [0.15, 0.2) is 0 Å². The maximum Gasteiger partial charge on any atom is 0.237 e. The van der Waals surface area contributed by atoms with E-state index in [1.54, 1.807) is 24.3 Å². The van der Waals surface area contributed by atoms with Gasteiger partial charge in [-0.25, -0.2) is 0 Å². The fraction of sp³-hybridized carbons (Fsp3) is 0.533. The largest absolute Gasteiger partial charge is 0.387 e. The van der Waals surface area contributed by atoms with Crippen molar-refractivity contribution in [1.29, 1.82) is 0 Å². The van der Waals surface area contributed by atoms with E-state index in [0.29, 0.717) is 5.02 Å². The van der Waals surface area contributed by atoms with Crippen molar-refractivity contribution in [2.45, 2.75) is 26.0 Å². The second-order valence-electron chi connectivity index (χ2n) is 5.46. The Morgan fingerprint density at radius 3 is 2.30 bits per heavy atom. The van der Waals surface area contributed by atoms with Crippen LogP contribution in [-0.2, 0) is 4.79 Å². The molecule has 1 rings (SSSR count). The lowest BCUT2D eigenvalue weighted by atomic mass is 10.0. The van der Waals surface area contributed by atoms with Gasteiger partial charge in [-0.3, -0.25) is 9.69 Å². The standard InChI is InChI=1S/C15H23ClN2O2/c1-10(2)14(18(3)4)15(20)17-9-13(19)11-5-7-12(16)8-6-11/h5-8,10,13-14,19H,9H2,1-4H3,(H,17,20). The molecule has 2 unspecified atom stereocenters. The molecule has 0 aliphatic heterocycles. The van der Waals surface area contributed by atoms with Crippen LogP contribution in [0.2, 0.25) is 5.02 Å². The molecule has 0 aliphatic carbocycles. The number of aliphatic hydroxyl groups is 1. The van der Waals surface area contributed by atoms with E-state index in [1.807, 2.05) is 32.8 Å². The van der Waals surface area contributed by atoms with E-state index in [0.717, 1.165) is 5.56 Å². The van der Waals surface area contributed by atoms with E-state index in [4.69, 9.17) is 11.6 Å². The molecule has 0 radical (unpaired) electrons. The Kier molecular flexibility index (Phi) is 6.46. The zero-order chi connectivity index (χ0) is 15.3. The summed E-state index contributed by atoms with van der Waals surface area (Å²) in [4.78, 5) is 14.0. The molecule has 20 heavy (non-hydrogen) atoms. The SMILES string of the molecule is CC(C)C(C(=O)NCC(O)c1ccc(Cl)cc1)N(C)C. The van der Waals surface area contributed by atoms with Gasteiger partial charge in [0.2, 0.25) is 5.91 Å². The molecule has 0 bridgehead atoms. The van der Waals surface area contributed by atoms with E-state index in [9.17, 15) is 9.90 Å². The van der Waals surface area contributed by atoms with Crippen LogP contribution in [0.3, 0.4) is 0 Å². The highest BCUT2D eigenvalue weighted by Crippen LogP contribution is 2.16. The predicted octanol–water partition coefficient (Wildman–Crippen LogP) is 2.08. The third kappa shape index (κ3) is 4.78. The van der Waals surface area contributed by atoms with Crippen molar-refractivity contribution in [3.05, 3.63) is 34.9 Å². The highest BCUT2D eigenvalue weighted by Gasteiger charge is 2.24. The Morgan fingerprint density at radius 2 is 1.85 bits per heavy atom. The van der Waals surface area contributed by atoms with Crippen LogP contribution in [0.15, 0.2) is 24.3 Å². The molecule has 1 aromatic carbocycles. The molecular weight excluding hydrogens is 276 g/mol. The van der Waals surface area contributed by atoms with Gasteiger partial charge in [0, 0.05) is 11.6 Å². The Morgan fingerprint density at radius 1 is 1.30 bits per heavy atom. The van der Waals surface area contributed by atoms with Crippen LogP contribution in [0.25, 0.3) is 0 Å². The number of amides is 1. The van der Waals surface area contributed by atoms with Crippen molar-refractivity contribution in [3.8, 4) is 0 Å². The molecule has 0 spiro atoms. The van der Waals surface area contributed by atoms with Crippen LogP contribution >= 0.6 is 11.6 Å². The first-order chi connectivity index (χ1) is 9.32. The number of rotatable bonds is 6. The molecular formula is C15H23ClN2O2. The predicted molar refractivity (Wildman–Crippen MR) is 81.7 cm³/mol. The third-order valence-corrected chi connectivity index (χ3v) is 3.43. The minimum absolute atomic E-state index is 0.0713. The maximum absolute atomic E-state index is 12.1. The molecule has 4 nitrogen and oxygen atoms in total. The first-order valence-electron chi connectivity index (χ1n) is 6.70. The number of carbonyl (C=O) groups excluding carboxylic acids is 1. The van der Waals surface area contributed by atoms with E-state index in [-0.39, 0.29) is 24.4 Å². The van der Waals surface area contributed by atoms with Gasteiger partial charge < -0.3 is 10.4 Å². The number of halogens is 1. The number of nitrogens with zero attached hydrogens (tertiary/aromatic N) is 1. The second-order valence-corrected chi connectivity index (χ2v) is 5.90. The molecule has 2 atom stereocenters. The van der Waals surface area contributed by atoms with Crippen molar-refractivity contribution in [2.24, 2.45) is 5.92 Å². The highest BCUT2D eigenvalue weighted by molar-refractivity contribution is 6.30. The van der Waals surface area contributed by atoms with Crippen LogP contribution in [-0.4, -0.2) is 42.6 Å². The lowest BCUT2D eigenvalue weighted by molar-refractivity contribution is -0.127. The highest BCUT2D eigenvalue weighted by atomic mass is 35.5. The van der Waals surface area contributed by atoms with E-state index in [1.165, 1.54) is 0 Å². The normalized spacial score (nSPS) is 14.4. The average Bonchev–Trinajstić information content (AvgIpc) is 2.36. The smallest absolute Gasteiger partial charge is 0.237 e. The monoisotopic (exact) mass is 298 g/mol. The van der Waals surface area contributed by atoms with E-state index >= 15 is 0 Å². The van der Waals surface area contributed by atoms with Crippen molar-refractivity contribution >= 4 is 17.5 Å². The molecule has 112 valence electrons. The Balaban J connectivity index is 2.57. The molecule has 1 aromatic rings. The van der Waals surface area contributed by atoms with E-state index in [2.05, 4.69) is 5.32 Å². The topological polar surface area (TPSA) is 52.6 Å². The fourth-order valence-electron chi connectivity index (χ4n) is 2.24. The van der Waals surface area contributed by atoms with Gasteiger partial charge in [0.05, 0.1) is 12.1 Å². The van der Waals surface area contributed by atoms with Crippen LogP contribution in [0, 0.1) is 5.92 Å². The molecule has 0 aromatic heterocycles. The van der Waals surface area contributed by atoms with Gasteiger partial charge >= 0.3 is 0 Å². The quantitative estimate of drug-likeness (QED) is 0.845. The van der Waals surface area contributed by atoms with E-state index < -0.39 is 6.10 Å². The van der Waals surface area contributed by atoms with Gasteiger partial charge in [-0.1, -0.05) is 37.6 Å². The summed E-state index contributed by atoms with van der Waals surface area (Å²) in [6.45, 7) is 4.19. The van der Waals surface area contributed by atoms with Crippen LogP contribution in [0.1, 0.15) is 25.5 Å². The van der Waals surface area contributed by atoms with Gasteiger partial charge in [-0.15, -0.1) is 0 Å². The first kappa shape index (κ1) is 17.0. The number of hydrogen-bond donors (Lipinski definition) is 2. The molecule has 0 aliphatic rings. The third-order valence-electron chi connectivity index (χ3n) is 3.18. The van der Waals surface area contributed by atoms with Gasteiger partial charge in [0.25, 0.3) is 0 Å². The number of nitrogens with one attached hydrogen (secondary N) is 1. The fourth-order valence-corrected chi connectivity index (χ4v) is 2.36. The molecule has 0 saturated heterocycles. The summed E-state index contributed by atoms with van der Waals surface area (Å²) in [5.74, 6) is 0.135. The van der Waals surface area contributed by atoms with Crippen molar-refractivity contribution < 1.29 is 9.90 Å². The number of carbonyl (C=O) groups is 1. The lowest BCUT2D eigenvalue weighted by Gasteiger charge is -2.27. The Bertz CT molecular complexity index is 424. The van der Waals surface area contributed by atoms with Gasteiger partial charge in [0.1, 0.15) is 0 Å². The summed E-state index contributed by atoms with van der Waals surface area (Å²) in [7, 11) is 3.75. The molecule has 0 fully saturated rings. The number of likely N-dealkylation sites (N-methyl/N-ethyl adjacent to an activating group) is 1. The molecule has 5 heteroatoms. The zero-order valence-electron chi connectivity index (χ0n) is 12.4. The summed E-state index contributed by atoms with van der Waals surface area (Å²) < 4.78 is 0. The molecule has 1 amide bonds. The maximum atomic E-state index is 12.1. The number of hydrogen-bond acceptors (Lipinski definition) is 3. The molecule has 0 saturated carbocycles. The van der Waals surface area contributed by atoms with Crippen molar-refractivity contribution in [3.63, 3.8) is 0 Å². The Labute approximate surface area is 125 Å². The summed E-state index contributed by atoms with van der Waals surface area (Å²) >= 11 is 5.80. The van der Waals surface area contributed by atoms with Crippen molar-refractivity contribution in [1.82, 2.24) is 10.2 Å². The van der Waals surface area contributed by atoms with Gasteiger partial charge in [-0.2, -0.15) is 0 Å². The lowest BCUT2D eigenvalue weighted by Crippen LogP contribution is -2.47. The first-order valence-corrected chi connectivity index (χ1v) is 7.08. The number of benzene rings is 1. The van der Waals surface area contributed by atoms with Crippen LogP contribution in [0.5, 0.6) is 0 Å². The summed E-state index contributed by atoms with van der Waals surface area (Å²) in [5, 5.41) is 13.5. The summed E-state index contributed by atoms with van der Waals surface area (Å²) in [6.07, 6.45) is -0.730. The molecule has 0 heterocycles. The average molecular weight is 299 g/mol. The second kappa shape index (κ2) is 7.62. The Hall–Kier alpha value is -1.10. The summed E-state index contributed by atoms with van der Waals surface area (Å²) in [5.41, 5.74) is 0.737.